The molecule has 2 N–H and O–H groups in total. The second-order valence-electron chi connectivity index (χ2n) is 8.27. The van der Waals surface area contributed by atoms with E-state index < -0.39 is 18.5 Å². The second kappa shape index (κ2) is 10.7. The van der Waals surface area contributed by atoms with Gasteiger partial charge in [0.1, 0.15) is 11.3 Å². The molecule has 0 bridgehead atoms. The molecular formula is C28H26N4O4. The van der Waals surface area contributed by atoms with E-state index in [1.54, 1.807) is 35.1 Å². The van der Waals surface area contributed by atoms with Crippen LogP contribution >= 0.6 is 0 Å². The van der Waals surface area contributed by atoms with E-state index in [4.69, 9.17) is 4.74 Å². The molecule has 0 atom stereocenters. The summed E-state index contributed by atoms with van der Waals surface area (Å²) in [5.41, 5.74) is 5.20. The van der Waals surface area contributed by atoms with Gasteiger partial charge >= 0.3 is 5.97 Å². The highest BCUT2D eigenvalue weighted by Gasteiger charge is 2.22. The van der Waals surface area contributed by atoms with Gasteiger partial charge in [0, 0.05) is 30.1 Å². The Morgan fingerprint density at radius 1 is 0.944 bits per heavy atom. The van der Waals surface area contributed by atoms with E-state index in [9.17, 15) is 14.4 Å². The summed E-state index contributed by atoms with van der Waals surface area (Å²) in [6.45, 7) is 3.46. The van der Waals surface area contributed by atoms with Crippen molar-refractivity contribution in [3.63, 3.8) is 0 Å². The number of esters is 1. The van der Waals surface area contributed by atoms with Crippen molar-refractivity contribution >= 4 is 23.5 Å². The Kier molecular flexibility index (Phi) is 7.25. The van der Waals surface area contributed by atoms with Gasteiger partial charge in [-0.2, -0.15) is 5.10 Å². The summed E-state index contributed by atoms with van der Waals surface area (Å²) >= 11 is 0. The SMILES string of the molecule is CNC(=O)c1cccc(NC(=O)COC(=O)c2cn(-c3ccccc3)nc2-c2ccc(C)cc2C)c1. The maximum Gasteiger partial charge on any atom is 0.342 e. The van der Waals surface area contributed by atoms with Crippen molar-refractivity contribution in [1.29, 1.82) is 0 Å². The van der Waals surface area contributed by atoms with E-state index in [2.05, 4.69) is 15.7 Å². The van der Waals surface area contributed by atoms with Crippen LogP contribution in [0.5, 0.6) is 0 Å². The molecule has 8 nitrogen and oxygen atoms in total. The first-order chi connectivity index (χ1) is 17.4. The Labute approximate surface area is 208 Å². The number of para-hydroxylation sites is 1. The highest BCUT2D eigenvalue weighted by atomic mass is 16.5. The number of ether oxygens (including phenoxy) is 1. The number of hydrogen-bond donors (Lipinski definition) is 2. The van der Waals surface area contributed by atoms with Gasteiger partial charge in [-0.3, -0.25) is 9.59 Å². The van der Waals surface area contributed by atoms with Crippen LogP contribution in [0.15, 0.2) is 79.0 Å². The Morgan fingerprint density at radius 2 is 1.72 bits per heavy atom. The molecule has 4 rings (SSSR count). The van der Waals surface area contributed by atoms with Crippen LogP contribution in [0.4, 0.5) is 5.69 Å². The number of rotatable bonds is 7. The Bertz CT molecular complexity index is 1430. The lowest BCUT2D eigenvalue weighted by molar-refractivity contribution is -0.119. The number of nitrogens with zero attached hydrogens (tertiary/aromatic N) is 2. The molecule has 182 valence electrons. The lowest BCUT2D eigenvalue weighted by atomic mass is 10.0. The van der Waals surface area contributed by atoms with Crippen LogP contribution in [-0.2, 0) is 9.53 Å². The van der Waals surface area contributed by atoms with Gasteiger partial charge in [0.2, 0.25) is 0 Å². The Balaban J connectivity index is 1.55. The van der Waals surface area contributed by atoms with E-state index in [1.165, 1.54) is 7.05 Å². The lowest BCUT2D eigenvalue weighted by Crippen LogP contribution is -2.22. The molecular weight excluding hydrogens is 456 g/mol. The van der Waals surface area contributed by atoms with E-state index in [1.807, 2.05) is 62.4 Å². The molecule has 0 aliphatic carbocycles. The number of carbonyl (C=O) groups excluding carboxylic acids is 3. The number of nitrogens with one attached hydrogen (secondary N) is 2. The second-order valence-corrected chi connectivity index (χ2v) is 8.27. The molecule has 0 saturated heterocycles. The molecule has 0 saturated carbocycles. The van der Waals surface area contributed by atoms with Gasteiger partial charge in [-0.05, 0) is 49.7 Å². The summed E-state index contributed by atoms with van der Waals surface area (Å²) < 4.78 is 6.97. The number of benzene rings is 3. The zero-order valence-electron chi connectivity index (χ0n) is 20.2. The quantitative estimate of drug-likeness (QED) is 0.382. The van der Waals surface area contributed by atoms with Crippen molar-refractivity contribution in [2.45, 2.75) is 13.8 Å². The molecule has 36 heavy (non-hydrogen) atoms. The average Bonchev–Trinajstić information content (AvgIpc) is 3.33. The third-order valence-electron chi connectivity index (χ3n) is 5.56. The molecule has 0 aliphatic heterocycles. The fourth-order valence-corrected chi connectivity index (χ4v) is 3.80. The molecule has 8 heteroatoms. The summed E-state index contributed by atoms with van der Waals surface area (Å²) in [4.78, 5) is 37.4. The molecule has 0 aliphatic rings. The smallest absolute Gasteiger partial charge is 0.342 e. The minimum Gasteiger partial charge on any atom is -0.452 e. The van der Waals surface area contributed by atoms with E-state index in [-0.39, 0.29) is 11.5 Å². The summed E-state index contributed by atoms with van der Waals surface area (Å²) in [5, 5.41) is 9.84. The fraction of sp³-hybridized carbons (Fsp3) is 0.143. The van der Waals surface area contributed by atoms with E-state index in [0.717, 1.165) is 22.4 Å². The van der Waals surface area contributed by atoms with Gasteiger partial charge in [0.15, 0.2) is 6.61 Å². The number of anilines is 1. The molecule has 0 spiro atoms. The zero-order valence-corrected chi connectivity index (χ0v) is 20.2. The third-order valence-corrected chi connectivity index (χ3v) is 5.56. The van der Waals surface area contributed by atoms with Crippen molar-refractivity contribution in [2.24, 2.45) is 0 Å². The predicted molar refractivity (Wildman–Crippen MR) is 137 cm³/mol. The van der Waals surface area contributed by atoms with Crippen molar-refractivity contribution in [2.75, 3.05) is 19.0 Å². The number of aryl methyl sites for hydroxylation is 2. The van der Waals surface area contributed by atoms with Gasteiger partial charge < -0.3 is 15.4 Å². The summed E-state index contributed by atoms with van der Waals surface area (Å²) in [5.74, 6) is -1.46. The van der Waals surface area contributed by atoms with Gasteiger partial charge in [-0.25, -0.2) is 9.48 Å². The fourth-order valence-electron chi connectivity index (χ4n) is 3.80. The summed E-state index contributed by atoms with van der Waals surface area (Å²) in [6.07, 6.45) is 1.61. The van der Waals surface area contributed by atoms with E-state index in [0.29, 0.717) is 16.9 Å². The van der Waals surface area contributed by atoms with Gasteiger partial charge in [-0.15, -0.1) is 0 Å². The summed E-state index contributed by atoms with van der Waals surface area (Å²) in [6, 6.07) is 21.8. The minimum atomic E-state index is -0.665. The number of hydrogen-bond acceptors (Lipinski definition) is 5. The molecule has 4 aromatic rings. The van der Waals surface area contributed by atoms with E-state index >= 15 is 0 Å². The number of amides is 2. The summed E-state index contributed by atoms with van der Waals surface area (Å²) in [7, 11) is 1.53. The maximum absolute atomic E-state index is 13.1. The molecule has 1 heterocycles. The molecule has 3 aromatic carbocycles. The first kappa shape index (κ1) is 24.4. The van der Waals surface area contributed by atoms with Crippen LogP contribution in [-0.4, -0.2) is 41.2 Å². The van der Waals surface area contributed by atoms with Crippen LogP contribution in [0.2, 0.25) is 0 Å². The van der Waals surface area contributed by atoms with Crippen molar-refractivity contribution in [3.05, 3.63) is 101 Å². The van der Waals surface area contributed by atoms with Crippen LogP contribution in [0, 0.1) is 13.8 Å². The molecule has 0 radical (unpaired) electrons. The highest BCUT2D eigenvalue weighted by molar-refractivity contribution is 6.00. The average molecular weight is 483 g/mol. The lowest BCUT2D eigenvalue weighted by Gasteiger charge is -2.09. The van der Waals surface area contributed by atoms with Gasteiger partial charge in [0.05, 0.1) is 5.69 Å². The highest BCUT2D eigenvalue weighted by Crippen LogP contribution is 2.28. The zero-order chi connectivity index (χ0) is 25.7. The minimum absolute atomic E-state index is 0.250. The largest absolute Gasteiger partial charge is 0.452 e. The third kappa shape index (κ3) is 5.50. The molecule has 0 fully saturated rings. The normalized spacial score (nSPS) is 10.5. The van der Waals surface area contributed by atoms with Gasteiger partial charge in [0.25, 0.3) is 11.8 Å². The molecule has 0 unspecified atom stereocenters. The monoisotopic (exact) mass is 482 g/mol. The van der Waals surface area contributed by atoms with Crippen LogP contribution in [0.1, 0.15) is 31.8 Å². The molecule has 1 aromatic heterocycles. The van der Waals surface area contributed by atoms with Crippen molar-refractivity contribution in [3.8, 4) is 16.9 Å². The van der Waals surface area contributed by atoms with Crippen LogP contribution in [0.3, 0.4) is 0 Å². The first-order valence-electron chi connectivity index (χ1n) is 11.4. The van der Waals surface area contributed by atoms with Crippen molar-refractivity contribution < 1.29 is 19.1 Å². The topological polar surface area (TPSA) is 102 Å². The van der Waals surface area contributed by atoms with Crippen LogP contribution < -0.4 is 10.6 Å². The standard InChI is InChI=1S/C28H26N4O4/c1-18-12-13-23(19(2)14-18)26-24(16-32(31-26)22-10-5-4-6-11-22)28(35)36-17-25(33)30-21-9-7-8-20(15-21)27(34)29-3/h4-16H,17H2,1-3H3,(H,29,34)(H,30,33). The maximum atomic E-state index is 13.1. The Hall–Kier alpha value is -4.72. The predicted octanol–water partition coefficient (Wildman–Crippen LogP) is 4.31. The van der Waals surface area contributed by atoms with Crippen LogP contribution in [0.25, 0.3) is 16.9 Å². The Morgan fingerprint density at radius 3 is 2.44 bits per heavy atom. The van der Waals surface area contributed by atoms with Gasteiger partial charge in [-0.1, -0.05) is 48.0 Å². The number of carbonyl (C=O) groups is 3. The van der Waals surface area contributed by atoms with Crippen molar-refractivity contribution in [1.82, 2.24) is 15.1 Å². The molecule has 2 amide bonds. The first-order valence-corrected chi connectivity index (χ1v) is 11.4. The number of aromatic nitrogens is 2.